The Balaban J connectivity index is 1.71. The van der Waals surface area contributed by atoms with E-state index in [9.17, 15) is 19.8 Å². The molecule has 6 nitrogen and oxygen atoms in total. The van der Waals surface area contributed by atoms with Gasteiger partial charge < -0.3 is 20.1 Å². The quantitative estimate of drug-likeness (QED) is 0.347. The number of aromatic amines is 1. The number of aliphatic hydroxyl groups excluding tert-OH is 1. The van der Waals surface area contributed by atoms with E-state index >= 15 is 0 Å². The maximum atomic E-state index is 13.1. The van der Waals surface area contributed by atoms with Crippen LogP contribution < -0.4 is 0 Å². The summed E-state index contributed by atoms with van der Waals surface area (Å²) in [5.74, 6) is -1.30. The van der Waals surface area contributed by atoms with E-state index in [-0.39, 0.29) is 23.1 Å². The van der Waals surface area contributed by atoms with Crippen molar-refractivity contribution in [3.63, 3.8) is 0 Å². The van der Waals surface area contributed by atoms with Crippen molar-refractivity contribution in [2.45, 2.75) is 37.8 Å². The number of phenols is 1. The first-order valence-corrected chi connectivity index (χ1v) is 10.2. The molecular formula is C24H22N2O4. The minimum absolute atomic E-state index is 0.0338. The Bertz CT molecular complexity index is 1170. The maximum absolute atomic E-state index is 13.1. The van der Waals surface area contributed by atoms with Gasteiger partial charge in [0.15, 0.2) is 0 Å². The maximum Gasteiger partial charge on any atom is 0.295 e. The van der Waals surface area contributed by atoms with Gasteiger partial charge in [-0.1, -0.05) is 43.2 Å². The van der Waals surface area contributed by atoms with E-state index in [1.165, 1.54) is 12.1 Å². The fourth-order valence-corrected chi connectivity index (χ4v) is 4.81. The van der Waals surface area contributed by atoms with Crippen LogP contribution in [0, 0.1) is 0 Å². The zero-order chi connectivity index (χ0) is 20.8. The Morgan fingerprint density at radius 2 is 1.70 bits per heavy atom. The largest absolute Gasteiger partial charge is 0.508 e. The summed E-state index contributed by atoms with van der Waals surface area (Å²) in [5, 5.41) is 21.7. The topological polar surface area (TPSA) is 93.6 Å². The molecule has 0 radical (unpaired) electrons. The van der Waals surface area contributed by atoms with Crippen LogP contribution in [0.1, 0.15) is 42.9 Å². The number of nitrogens with one attached hydrogen (secondary N) is 1. The van der Waals surface area contributed by atoms with E-state index in [1.54, 1.807) is 23.2 Å². The van der Waals surface area contributed by atoms with Gasteiger partial charge in [-0.3, -0.25) is 9.59 Å². The van der Waals surface area contributed by atoms with Crippen molar-refractivity contribution in [3.05, 3.63) is 71.4 Å². The predicted molar refractivity (Wildman–Crippen MR) is 113 cm³/mol. The number of para-hydroxylation sites is 1. The Kier molecular flexibility index (Phi) is 4.35. The minimum Gasteiger partial charge on any atom is -0.508 e. The number of hydrogen-bond donors (Lipinski definition) is 3. The van der Waals surface area contributed by atoms with Crippen molar-refractivity contribution in [1.82, 2.24) is 9.88 Å². The summed E-state index contributed by atoms with van der Waals surface area (Å²) in [7, 11) is 0. The molecule has 3 aromatic rings. The standard InChI is InChI=1S/C24H22N2O4/c27-16-11-9-14(10-12-16)21-20(23(29)24(30)26(21)15-5-1-2-6-15)22(28)18-13-25-19-8-4-3-7-17(18)19/h3-4,7-13,15,21,25,27-28H,1-2,5-6H2/b22-20-. The first kappa shape index (κ1) is 18.5. The van der Waals surface area contributed by atoms with Gasteiger partial charge in [0.1, 0.15) is 11.5 Å². The number of ketones is 1. The number of fused-ring (bicyclic) bond motifs is 1. The molecule has 2 heterocycles. The summed E-state index contributed by atoms with van der Waals surface area (Å²) in [6.07, 6.45) is 5.37. The third kappa shape index (κ3) is 2.79. The number of carbonyl (C=O) groups excluding carboxylic acids is 2. The van der Waals surface area contributed by atoms with Gasteiger partial charge in [-0.15, -0.1) is 0 Å². The second-order valence-electron chi connectivity index (χ2n) is 7.98. The summed E-state index contributed by atoms with van der Waals surface area (Å²) in [6.45, 7) is 0. The number of benzene rings is 2. The highest BCUT2D eigenvalue weighted by atomic mass is 16.3. The lowest BCUT2D eigenvalue weighted by Gasteiger charge is -2.30. The van der Waals surface area contributed by atoms with Gasteiger partial charge in [-0.2, -0.15) is 0 Å². The molecule has 30 heavy (non-hydrogen) atoms. The fraction of sp³-hybridized carbons (Fsp3) is 0.250. The molecule has 1 saturated heterocycles. The number of likely N-dealkylation sites (tertiary alicyclic amines) is 1. The van der Waals surface area contributed by atoms with Gasteiger partial charge in [0, 0.05) is 28.7 Å². The van der Waals surface area contributed by atoms with Crippen molar-refractivity contribution in [3.8, 4) is 5.75 Å². The SMILES string of the molecule is O=C1C(=O)N(C2CCCC2)C(c2ccc(O)cc2)/C1=C(/O)c1c[nH]c2ccccc12. The van der Waals surface area contributed by atoms with Crippen LogP contribution in [0.15, 0.2) is 60.3 Å². The van der Waals surface area contributed by atoms with Gasteiger partial charge in [0.05, 0.1) is 11.6 Å². The number of aliphatic hydroxyl groups is 1. The first-order chi connectivity index (χ1) is 14.6. The molecule has 6 heteroatoms. The molecule has 2 fully saturated rings. The highest BCUT2D eigenvalue weighted by Crippen LogP contribution is 2.44. The van der Waals surface area contributed by atoms with Crippen molar-refractivity contribution in [1.29, 1.82) is 0 Å². The second-order valence-corrected chi connectivity index (χ2v) is 7.98. The number of amides is 1. The van der Waals surface area contributed by atoms with Crippen LogP contribution >= 0.6 is 0 Å². The molecule has 5 rings (SSSR count). The number of carbonyl (C=O) groups is 2. The van der Waals surface area contributed by atoms with Crippen LogP contribution in [0.5, 0.6) is 5.75 Å². The van der Waals surface area contributed by atoms with E-state index < -0.39 is 17.7 Å². The van der Waals surface area contributed by atoms with Gasteiger partial charge in [0.25, 0.3) is 11.7 Å². The molecule has 1 aliphatic carbocycles. The predicted octanol–water partition coefficient (Wildman–Crippen LogP) is 4.24. The lowest BCUT2D eigenvalue weighted by molar-refractivity contribution is -0.141. The number of nitrogens with zero attached hydrogens (tertiary/aromatic N) is 1. The molecule has 2 aromatic carbocycles. The number of aromatic nitrogens is 1. The van der Waals surface area contributed by atoms with Crippen LogP contribution in [0.4, 0.5) is 0 Å². The monoisotopic (exact) mass is 402 g/mol. The van der Waals surface area contributed by atoms with Gasteiger partial charge in [-0.05, 0) is 36.6 Å². The van der Waals surface area contributed by atoms with E-state index in [0.29, 0.717) is 11.1 Å². The van der Waals surface area contributed by atoms with Crippen molar-refractivity contribution in [2.75, 3.05) is 0 Å². The number of aromatic hydroxyl groups is 1. The number of hydrogen-bond acceptors (Lipinski definition) is 4. The molecule has 1 unspecified atom stereocenters. The van der Waals surface area contributed by atoms with E-state index in [4.69, 9.17) is 0 Å². The van der Waals surface area contributed by atoms with Gasteiger partial charge in [-0.25, -0.2) is 0 Å². The van der Waals surface area contributed by atoms with Crippen LogP contribution in [0.2, 0.25) is 0 Å². The lowest BCUT2D eigenvalue weighted by atomic mass is 9.94. The normalized spacial score (nSPS) is 21.7. The summed E-state index contributed by atoms with van der Waals surface area (Å²) < 4.78 is 0. The Hall–Kier alpha value is -3.54. The molecule has 1 aliphatic heterocycles. The van der Waals surface area contributed by atoms with Crippen molar-refractivity contribution < 1.29 is 19.8 Å². The van der Waals surface area contributed by atoms with Crippen LogP contribution in [-0.4, -0.2) is 37.8 Å². The average Bonchev–Trinajstić information content (AvgIpc) is 3.48. The Labute approximate surface area is 173 Å². The minimum atomic E-state index is -0.678. The number of Topliss-reactive ketones (excluding diaryl/α,β-unsaturated/α-hetero) is 1. The lowest BCUT2D eigenvalue weighted by Crippen LogP contribution is -2.37. The fourth-order valence-electron chi connectivity index (χ4n) is 4.81. The van der Waals surface area contributed by atoms with Crippen molar-refractivity contribution in [2.24, 2.45) is 0 Å². The summed E-state index contributed by atoms with van der Waals surface area (Å²) in [5.41, 5.74) is 2.13. The zero-order valence-corrected chi connectivity index (χ0v) is 16.3. The molecule has 152 valence electrons. The van der Waals surface area contributed by atoms with Gasteiger partial charge >= 0.3 is 0 Å². The highest BCUT2D eigenvalue weighted by Gasteiger charge is 2.49. The van der Waals surface area contributed by atoms with Crippen molar-refractivity contribution >= 4 is 28.4 Å². The molecular weight excluding hydrogens is 380 g/mol. The molecule has 1 aromatic heterocycles. The summed E-state index contributed by atoms with van der Waals surface area (Å²) >= 11 is 0. The molecule has 2 aliphatic rings. The van der Waals surface area contributed by atoms with Crippen LogP contribution in [0.25, 0.3) is 16.7 Å². The number of H-pyrrole nitrogens is 1. The molecule has 1 atom stereocenters. The molecule has 1 amide bonds. The first-order valence-electron chi connectivity index (χ1n) is 10.2. The molecule has 3 N–H and O–H groups in total. The highest BCUT2D eigenvalue weighted by molar-refractivity contribution is 6.46. The smallest absolute Gasteiger partial charge is 0.295 e. The summed E-state index contributed by atoms with van der Waals surface area (Å²) in [4.78, 5) is 30.9. The van der Waals surface area contributed by atoms with E-state index in [0.717, 1.165) is 36.6 Å². The van der Waals surface area contributed by atoms with E-state index in [2.05, 4.69) is 4.98 Å². The van der Waals surface area contributed by atoms with E-state index in [1.807, 2.05) is 24.3 Å². The Morgan fingerprint density at radius 3 is 2.43 bits per heavy atom. The third-order valence-corrected chi connectivity index (χ3v) is 6.25. The third-order valence-electron chi connectivity index (χ3n) is 6.25. The Morgan fingerprint density at radius 1 is 1.00 bits per heavy atom. The van der Waals surface area contributed by atoms with Gasteiger partial charge in [0.2, 0.25) is 0 Å². The van der Waals surface area contributed by atoms with Crippen LogP contribution in [0.3, 0.4) is 0 Å². The van der Waals surface area contributed by atoms with Crippen LogP contribution in [-0.2, 0) is 9.59 Å². The summed E-state index contributed by atoms with van der Waals surface area (Å²) in [6, 6.07) is 13.3. The second kappa shape index (κ2) is 7.06. The zero-order valence-electron chi connectivity index (χ0n) is 16.3. The molecule has 0 bridgehead atoms. The molecule has 0 spiro atoms. The number of rotatable bonds is 3. The average molecular weight is 402 g/mol. The number of phenolic OH excluding ortho intramolecular Hbond substituents is 1. The molecule has 1 saturated carbocycles.